The van der Waals surface area contributed by atoms with Crippen molar-refractivity contribution in [3.8, 4) is 0 Å². The number of rotatable bonds is 3. The molecule has 0 aliphatic heterocycles. The number of aliphatic imine (C=N–C) groups is 1. The fourth-order valence-corrected chi connectivity index (χ4v) is 3.35. The summed E-state index contributed by atoms with van der Waals surface area (Å²) in [5.74, 6) is 0. The van der Waals surface area contributed by atoms with Gasteiger partial charge in [-0.05, 0) is 30.1 Å². The molecule has 0 radical (unpaired) electrons. The zero-order valence-corrected chi connectivity index (χ0v) is 12.7. The summed E-state index contributed by atoms with van der Waals surface area (Å²) in [7, 11) is 0. The van der Waals surface area contributed by atoms with E-state index in [4.69, 9.17) is 0 Å². The topological polar surface area (TPSA) is 58.5 Å². The van der Waals surface area contributed by atoms with Crippen LogP contribution in [0.15, 0.2) is 4.99 Å². The Labute approximate surface area is 116 Å². The van der Waals surface area contributed by atoms with Crippen LogP contribution in [0, 0.1) is 10.8 Å². The molecule has 1 saturated carbocycles. The lowest BCUT2D eigenvalue weighted by atomic mass is 9.63. The van der Waals surface area contributed by atoms with Crippen LogP contribution in [0.3, 0.4) is 0 Å². The van der Waals surface area contributed by atoms with Gasteiger partial charge in [-0.3, -0.25) is 4.79 Å². The largest absolute Gasteiger partial charge is 0.347 e. The third-order valence-corrected chi connectivity index (χ3v) is 3.69. The van der Waals surface area contributed by atoms with Gasteiger partial charge in [0.2, 0.25) is 6.08 Å². The van der Waals surface area contributed by atoms with Gasteiger partial charge in [-0.15, -0.1) is 0 Å². The summed E-state index contributed by atoms with van der Waals surface area (Å²) < 4.78 is -0.0392. The van der Waals surface area contributed by atoms with E-state index >= 15 is 0 Å². The molecular formula is C12H19IN2O2. The Bertz CT molecular complexity index is 350. The highest BCUT2D eigenvalue weighted by molar-refractivity contribution is 14.1. The van der Waals surface area contributed by atoms with Gasteiger partial charge in [0.25, 0.3) is 3.91 Å². The summed E-state index contributed by atoms with van der Waals surface area (Å²) in [4.78, 5) is 25.3. The van der Waals surface area contributed by atoms with Gasteiger partial charge in [0, 0.05) is 29.1 Å². The molecule has 1 aliphatic carbocycles. The minimum Gasteiger partial charge on any atom is -0.347 e. The van der Waals surface area contributed by atoms with Crippen LogP contribution in [-0.4, -0.2) is 22.6 Å². The van der Waals surface area contributed by atoms with Gasteiger partial charge in [0.15, 0.2) is 0 Å². The van der Waals surface area contributed by atoms with Gasteiger partial charge in [0.1, 0.15) is 0 Å². The van der Waals surface area contributed by atoms with Crippen molar-refractivity contribution in [2.45, 2.75) is 46.1 Å². The summed E-state index contributed by atoms with van der Waals surface area (Å²) >= 11 is 1.74. The lowest BCUT2D eigenvalue weighted by Gasteiger charge is -2.45. The first-order valence-corrected chi connectivity index (χ1v) is 6.85. The molecule has 0 saturated heterocycles. The van der Waals surface area contributed by atoms with E-state index in [-0.39, 0.29) is 20.8 Å². The molecule has 1 rings (SSSR count). The van der Waals surface area contributed by atoms with E-state index in [1.807, 2.05) is 0 Å². The van der Waals surface area contributed by atoms with E-state index in [9.17, 15) is 9.59 Å². The summed E-state index contributed by atoms with van der Waals surface area (Å²) in [5.41, 5.74) is 0.154. The Morgan fingerprint density at radius 1 is 1.47 bits per heavy atom. The van der Waals surface area contributed by atoms with E-state index in [0.717, 1.165) is 19.3 Å². The monoisotopic (exact) mass is 350 g/mol. The molecule has 4 nitrogen and oxygen atoms in total. The number of isocyanates is 1. The van der Waals surface area contributed by atoms with Crippen LogP contribution in [0.4, 0.5) is 4.79 Å². The Balaban J connectivity index is 2.76. The van der Waals surface area contributed by atoms with E-state index in [2.05, 4.69) is 31.1 Å². The minimum absolute atomic E-state index is 0.00754. The quantitative estimate of drug-likeness (QED) is 0.280. The van der Waals surface area contributed by atoms with Gasteiger partial charge in [-0.2, -0.15) is 0 Å². The molecule has 2 unspecified atom stereocenters. The van der Waals surface area contributed by atoms with Crippen molar-refractivity contribution >= 4 is 32.6 Å². The maximum Gasteiger partial charge on any atom is 0.280 e. The Morgan fingerprint density at radius 3 is 2.65 bits per heavy atom. The molecule has 0 spiro atoms. The number of halogens is 1. The fourth-order valence-electron chi connectivity index (χ4n) is 3.16. The molecule has 1 amide bonds. The van der Waals surface area contributed by atoms with Crippen LogP contribution in [0.5, 0.6) is 0 Å². The van der Waals surface area contributed by atoms with Crippen LogP contribution in [0.25, 0.3) is 0 Å². The molecule has 0 bridgehead atoms. The van der Waals surface area contributed by atoms with Crippen molar-refractivity contribution < 1.29 is 9.59 Å². The number of nitrogens with one attached hydrogen (secondary N) is 1. The van der Waals surface area contributed by atoms with E-state index in [1.54, 1.807) is 28.7 Å². The van der Waals surface area contributed by atoms with Crippen LogP contribution in [-0.2, 0) is 4.79 Å². The molecule has 96 valence electrons. The standard InChI is InChI=1S/C12H19IN2O2/c1-11(2)4-9(15-8-16)5-12(3,6-11)7-14-10(13)17/h9H,4-7H2,1-3H3,(H,14,17). The van der Waals surface area contributed by atoms with Gasteiger partial charge < -0.3 is 5.32 Å². The average Bonchev–Trinajstić information content (AvgIpc) is 2.12. The predicted molar refractivity (Wildman–Crippen MR) is 75.1 cm³/mol. The third kappa shape index (κ3) is 4.76. The van der Waals surface area contributed by atoms with Crippen molar-refractivity contribution in [1.29, 1.82) is 0 Å². The van der Waals surface area contributed by atoms with Gasteiger partial charge in [-0.25, -0.2) is 9.79 Å². The van der Waals surface area contributed by atoms with Crippen molar-refractivity contribution in [3.63, 3.8) is 0 Å². The number of hydrogen-bond acceptors (Lipinski definition) is 3. The van der Waals surface area contributed by atoms with Crippen LogP contribution in [0.2, 0.25) is 0 Å². The van der Waals surface area contributed by atoms with E-state index in [0.29, 0.717) is 6.54 Å². The molecule has 1 N–H and O–H groups in total. The second kappa shape index (κ2) is 5.48. The molecule has 0 aromatic carbocycles. The molecule has 1 fully saturated rings. The van der Waals surface area contributed by atoms with Gasteiger partial charge >= 0.3 is 0 Å². The first-order valence-electron chi connectivity index (χ1n) is 5.77. The van der Waals surface area contributed by atoms with Gasteiger partial charge in [0.05, 0.1) is 6.04 Å². The van der Waals surface area contributed by atoms with Crippen LogP contribution >= 0.6 is 22.6 Å². The SMILES string of the molecule is CC1(C)CC(N=C=O)CC(C)(CNC(=O)I)C1. The number of nitrogens with zero attached hydrogens (tertiary/aromatic N) is 1. The highest BCUT2D eigenvalue weighted by atomic mass is 127. The van der Waals surface area contributed by atoms with Crippen molar-refractivity contribution in [1.82, 2.24) is 5.32 Å². The first kappa shape index (κ1) is 14.6. The maximum absolute atomic E-state index is 11.0. The number of hydrogen-bond donors (Lipinski definition) is 1. The van der Waals surface area contributed by atoms with Crippen molar-refractivity contribution in [2.75, 3.05) is 6.54 Å². The number of carbonyl (C=O) groups is 1. The maximum atomic E-state index is 11.0. The smallest absolute Gasteiger partial charge is 0.280 e. The summed E-state index contributed by atoms with van der Waals surface area (Å²) in [6, 6.07) is 0.0346. The average molecular weight is 350 g/mol. The molecule has 17 heavy (non-hydrogen) atoms. The molecule has 0 aromatic heterocycles. The van der Waals surface area contributed by atoms with Crippen molar-refractivity contribution in [3.05, 3.63) is 0 Å². The second-order valence-electron chi connectivity index (χ2n) is 6.06. The van der Waals surface area contributed by atoms with Gasteiger partial charge in [-0.1, -0.05) is 20.8 Å². The van der Waals surface area contributed by atoms with E-state index < -0.39 is 0 Å². The molecule has 2 atom stereocenters. The zero-order valence-electron chi connectivity index (χ0n) is 10.5. The lowest BCUT2D eigenvalue weighted by Crippen LogP contribution is -2.43. The van der Waals surface area contributed by atoms with Crippen molar-refractivity contribution in [2.24, 2.45) is 15.8 Å². The predicted octanol–water partition coefficient (Wildman–Crippen LogP) is 3.05. The van der Waals surface area contributed by atoms with E-state index in [1.165, 1.54) is 0 Å². The molecule has 0 aromatic rings. The highest BCUT2D eigenvalue weighted by Crippen LogP contribution is 2.46. The molecule has 5 heteroatoms. The third-order valence-electron chi connectivity index (χ3n) is 3.31. The molecule has 1 aliphatic rings. The molecular weight excluding hydrogens is 331 g/mol. The molecule has 0 heterocycles. The number of carbonyl (C=O) groups excluding carboxylic acids is 2. The number of amides is 1. The minimum atomic E-state index is -0.0392. The lowest BCUT2D eigenvalue weighted by molar-refractivity contribution is 0.0861. The Hall–Kier alpha value is -0.420. The zero-order chi connectivity index (χ0) is 13.1. The summed E-state index contributed by atoms with van der Waals surface area (Å²) in [6.45, 7) is 7.16. The Kier molecular flexibility index (Phi) is 4.72. The fraction of sp³-hybridized carbons (Fsp3) is 0.833. The van der Waals surface area contributed by atoms with Crippen LogP contribution < -0.4 is 5.32 Å². The Morgan fingerprint density at radius 2 is 2.12 bits per heavy atom. The summed E-state index contributed by atoms with van der Waals surface area (Å²) in [6.07, 6.45) is 4.44. The highest BCUT2D eigenvalue weighted by Gasteiger charge is 2.41. The van der Waals surface area contributed by atoms with Crippen LogP contribution in [0.1, 0.15) is 40.0 Å². The second-order valence-corrected chi connectivity index (χ2v) is 7.04. The first-order chi connectivity index (χ1) is 7.76. The normalized spacial score (nSPS) is 31.4. The summed E-state index contributed by atoms with van der Waals surface area (Å²) in [5, 5.41) is 2.86.